The first-order valence-electron chi connectivity index (χ1n) is 5.07. The molecule has 2 heterocycles. The highest BCUT2D eigenvalue weighted by atomic mass is 35.5. The van der Waals surface area contributed by atoms with Crippen LogP contribution >= 0.6 is 24.2 Å². The third-order valence-electron chi connectivity index (χ3n) is 3.22. The summed E-state index contributed by atoms with van der Waals surface area (Å²) in [7, 11) is 0. The van der Waals surface area contributed by atoms with Crippen LogP contribution in [0.3, 0.4) is 0 Å². The second kappa shape index (κ2) is 3.78. The molecule has 1 fully saturated rings. The predicted molar refractivity (Wildman–Crippen MR) is 63.9 cm³/mol. The van der Waals surface area contributed by atoms with E-state index in [1.165, 1.54) is 36.5 Å². The van der Waals surface area contributed by atoms with Crippen LogP contribution in [0.2, 0.25) is 0 Å². The zero-order valence-electron chi connectivity index (χ0n) is 8.27. The molecule has 1 aliphatic carbocycles. The van der Waals surface area contributed by atoms with Crippen molar-refractivity contribution in [2.24, 2.45) is 4.99 Å². The Morgan fingerprint density at radius 3 is 3.07 bits per heavy atom. The van der Waals surface area contributed by atoms with Crippen LogP contribution in [0.15, 0.2) is 16.1 Å². The van der Waals surface area contributed by atoms with Gasteiger partial charge in [0.05, 0.1) is 12.1 Å². The summed E-state index contributed by atoms with van der Waals surface area (Å²) in [6.45, 7) is 2.20. The van der Waals surface area contributed by atoms with Gasteiger partial charge in [-0.25, -0.2) is 0 Å². The molecule has 2 aliphatic heterocycles. The molecule has 78 valence electrons. The van der Waals surface area contributed by atoms with Crippen molar-refractivity contribution in [3.05, 3.63) is 11.1 Å². The molecule has 2 atom stereocenters. The molecule has 3 aliphatic rings. The monoisotopic (exact) mass is 230 g/mol. The zero-order chi connectivity index (χ0) is 8.84. The van der Waals surface area contributed by atoms with Gasteiger partial charge >= 0.3 is 0 Å². The van der Waals surface area contributed by atoms with Gasteiger partial charge in [-0.2, -0.15) is 0 Å². The summed E-state index contributed by atoms with van der Waals surface area (Å²) < 4.78 is 0. The zero-order valence-corrected chi connectivity index (χ0v) is 9.90. The normalized spacial score (nSPS) is 34.2. The fourth-order valence-corrected chi connectivity index (χ4v) is 3.56. The third kappa shape index (κ3) is 1.38. The Kier molecular flexibility index (Phi) is 2.80. The van der Waals surface area contributed by atoms with E-state index in [0.717, 1.165) is 0 Å². The van der Waals surface area contributed by atoms with Crippen molar-refractivity contribution in [1.29, 1.82) is 0 Å². The molecule has 0 aromatic carbocycles. The van der Waals surface area contributed by atoms with Gasteiger partial charge in [0, 0.05) is 5.70 Å². The molecular formula is C10H15ClN2S. The molecule has 0 aromatic rings. The summed E-state index contributed by atoms with van der Waals surface area (Å²) in [6, 6.07) is 1.31. The van der Waals surface area contributed by atoms with Gasteiger partial charge in [-0.3, -0.25) is 4.99 Å². The summed E-state index contributed by atoms with van der Waals surface area (Å²) in [5, 5.41) is 3.48. The van der Waals surface area contributed by atoms with Crippen LogP contribution in [0.25, 0.3) is 0 Å². The topological polar surface area (TPSA) is 15.6 Å². The Bertz CT molecular complexity index is 300. The predicted octanol–water partition coefficient (Wildman–Crippen LogP) is 3.00. The second-order valence-electron chi connectivity index (χ2n) is 4.08. The maximum atomic E-state index is 4.78. The minimum atomic E-state index is 0. The number of halogens is 1. The standard InChI is InChI=1S/C10H14N2S.ClH/c1-7-6-13-10-11-8-4-2-3-5-9(8)12(7)10;/h6,8-9H,2-5H2,1H3;1H/t8-,9-;/m1./s1. The number of allylic oxidation sites excluding steroid dienone is 1. The number of amidine groups is 1. The molecule has 0 amide bonds. The van der Waals surface area contributed by atoms with Crippen molar-refractivity contribution in [2.75, 3.05) is 0 Å². The quantitative estimate of drug-likeness (QED) is 0.636. The van der Waals surface area contributed by atoms with Gasteiger partial charge in [0.1, 0.15) is 0 Å². The first-order valence-corrected chi connectivity index (χ1v) is 5.95. The maximum absolute atomic E-state index is 4.78. The van der Waals surface area contributed by atoms with Gasteiger partial charge in [-0.05, 0) is 25.2 Å². The molecule has 0 saturated heterocycles. The number of thioether (sulfide) groups is 1. The Hall–Kier alpha value is -0.150. The molecule has 0 radical (unpaired) electrons. The van der Waals surface area contributed by atoms with Crippen LogP contribution in [0.5, 0.6) is 0 Å². The average molecular weight is 231 g/mol. The number of fused-ring (bicyclic) bond motifs is 3. The van der Waals surface area contributed by atoms with Crippen LogP contribution in [-0.2, 0) is 0 Å². The fraction of sp³-hybridized carbons (Fsp3) is 0.700. The van der Waals surface area contributed by atoms with Gasteiger partial charge in [0.2, 0.25) is 0 Å². The lowest BCUT2D eigenvalue weighted by molar-refractivity contribution is 0.284. The second-order valence-corrected chi connectivity index (χ2v) is 4.91. The molecule has 14 heavy (non-hydrogen) atoms. The number of aliphatic imine (C=N–C) groups is 1. The van der Waals surface area contributed by atoms with E-state index in [1.54, 1.807) is 11.8 Å². The highest BCUT2D eigenvalue weighted by molar-refractivity contribution is 8.16. The van der Waals surface area contributed by atoms with Crippen LogP contribution in [0.4, 0.5) is 0 Å². The SMILES string of the molecule is CC1=CSC2=N[C@@H]3CCCC[C@H]3N12.Cl. The molecule has 0 bridgehead atoms. The maximum Gasteiger partial charge on any atom is 0.168 e. The van der Waals surface area contributed by atoms with E-state index in [4.69, 9.17) is 4.99 Å². The molecule has 0 aromatic heterocycles. The van der Waals surface area contributed by atoms with Crippen molar-refractivity contribution in [2.45, 2.75) is 44.7 Å². The van der Waals surface area contributed by atoms with Gasteiger partial charge in [-0.1, -0.05) is 24.6 Å². The number of hydrogen-bond donors (Lipinski definition) is 0. The summed E-state index contributed by atoms with van der Waals surface area (Å²) in [4.78, 5) is 7.23. The molecule has 0 unspecified atom stereocenters. The van der Waals surface area contributed by atoms with Crippen LogP contribution < -0.4 is 0 Å². The van der Waals surface area contributed by atoms with E-state index in [1.807, 2.05) is 0 Å². The van der Waals surface area contributed by atoms with Gasteiger partial charge < -0.3 is 4.90 Å². The van der Waals surface area contributed by atoms with E-state index < -0.39 is 0 Å². The van der Waals surface area contributed by atoms with E-state index >= 15 is 0 Å². The highest BCUT2D eigenvalue weighted by Crippen LogP contribution is 2.40. The summed E-state index contributed by atoms with van der Waals surface area (Å²) in [6.07, 6.45) is 5.40. The molecule has 2 nitrogen and oxygen atoms in total. The lowest BCUT2D eigenvalue weighted by Gasteiger charge is -2.30. The Labute approximate surface area is 95.2 Å². The Balaban J connectivity index is 0.000000750. The molecule has 0 spiro atoms. The third-order valence-corrected chi connectivity index (χ3v) is 4.19. The van der Waals surface area contributed by atoms with Gasteiger partial charge in [0.25, 0.3) is 0 Å². The van der Waals surface area contributed by atoms with Crippen LogP contribution in [0, 0.1) is 0 Å². The lowest BCUT2D eigenvalue weighted by atomic mass is 9.91. The molecule has 1 saturated carbocycles. The van der Waals surface area contributed by atoms with Crippen molar-refractivity contribution in [3.8, 4) is 0 Å². The average Bonchev–Trinajstić information content (AvgIpc) is 2.66. The molecule has 4 heteroatoms. The van der Waals surface area contributed by atoms with Crippen molar-refractivity contribution in [1.82, 2.24) is 4.90 Å². The first-order chi connectivity index (χ1) is 6.36. The fourth-order valence-electron chi connectivity index (χ4n) is 2.58. The van der Waals surface area contributed by atoms with Crippen molar-refractivity contribution in [3.63, 3.8) is 0 Å². The Morgan fingerprint density at radius 2 is 2.21 bits per heavy atom. The summed E-state index contributed by atoms with van der Waals surface area (Å²) in [5.41, 5.74) is 1.40. The molecular weight excluding hydrogens is 216 g/mol. The van der Waals surface area contributed by atoms with E-state index in [0.29, 0.717) is 12.1 Å². The van der Waals surface area contributed by atoms with Gasteiger partial charge in [-0.15, -0.1) is 12.4 Å². The van der Waals surface area contributed by atoms with Crippen LogP contribution in [-0.4, -0.2) is 22.2 Å². The number of nitrogens with zero attached hydrogens (tertiary/aromatic N) is 2. The highest BCUT2D eigenvalue weighted by Gasteiger charge is 2.40. The van der Waals surface area contributed by atoms with E-state index in [-0.39, 0.29) is 12.4 Å². The van der Waals surface area contributed by atoms with Crippen molar-refractivity contribution >= 4 is 29.3 Å². The van der Waals surface area contributed by atoms with Crippen molar-refractivity contribution < 1.29 is 0 Å². The van der Waals surface area contributed by atoms with Gasteiger partial charge in [0.15, 0.2) is 5.17 Å². The minimum absolute atomic E-state index is 0. The number of hydrogen-bond acceptors (Lipinski definition) is 3. The largest absolute Gasteiger partial charge is 0.319 e. The molecule has 3 rings (SSSR count). The van der Waals surface area contributed by atoms with Crippen LogP contribution in [0.1, 0.15) is 32.6 Å². The minimum Gasteiger partial charge on any atom is -0.319 e. The van der Waals surface area contributed by atoms with E-state index in [9.17, 15) is 0 Å². The smallest absolute Gasteiger partial charge is 0.168 e. The summed E-state index contributed by atoms with van der Waals surface area (Å²) in [5.74, 6) is 0. The number of rotatable bonds is 0. The van der Waals surface area contributed by atoms with E-state index in [2.05, 4.69) is 17.2 Å². The summed E-state index contributed by atoms with van der Waals surface area (Å²) >= 11 is 1.80. The first kappa shape index (κ1) is 10.4. The lowest BCUT2D eigenvalue weighted by Crippen LogP contribution is -2.37. The molecule has 0 N–H and O–H groups in total. The Morgan fingerprint density at radius 1 is 1.43 bits per heavy atom.